The fourth-order valence-corrected chi connectivity index (χ4v) is 4.73. The fourth-order valence-electron chi connectivity index (χ4n) is 4.54. The van der Waals surface area contributed by atoms with Gasteiger partial charge in [0.25, 0.3) is 0 Å². The van der Waals surface area contributed by atoms with Crippen molar-refractivity contribution >= 4 is 17.7 Å². The van der Waals surface area contributed by atoms with Gasteiger partial charge >= 0.3 is 6.09 Å². The lowest BCUT2D eigenvalue weighted by Crippen LogP contribution is -2.50. The number of halogens is 1. The first-order valence-corrected chi connectivity index (χ1v) is 10.3. The number of hydrogen-bond acceptors (Lipinski definition) is 4. The zero-order valence-corrected chi connectivity index (χ0v) is 16.8. The summed E-state index contributed by atoms with van der Waals surface area (Å²) >= 11 is 6.26. The summed E-state index contributed by atoms with van der Waals surface area (Å²) in [6.45, 7) is 3.09. The summed E-state index contributed by atoms with van der Waals surface area (Å²) in [4.78, 5) is 18.4. The molecule has 1 aromatic heterocycles. The van der Waals surface area contributed by atoms with Gasteiger partial charge in [0.05, 0.1) is 23.8 Å². The number of likely N-dealkylation sites (tertiary alicyclic amines) is 1. The molecule has 1 saturated heterocycles. The zero-order chi connectivity index (χ0) is 19.7. The maximum absolute atomic E-state index is 12.1. The van der Waals surface area contributed by atoms with E-state index in [2.05, 4.69) is 11.1 Å². The highest BCUT2D eigenvalue weighted by Gasteiger charge is 2.45. The average Bonchev–Trinajstić information content (AvgIpc) is 2.85. The van der Waals surface area contributed by atoms with Crippen LogP contribution >= 0.6 is 11.6 Å². The average molecular weight is 401 g/mol. The van der Waals surface area contributed by atoms with Crippen LogP contribution in [0.5, 0.6) is 0 Å². The molecule has 0 bridgehead atoms. The van der Waals surface area contributed by atoms with Crippen molar-refractivity contribution in [2.75, 3.05) is 19.7 Å². The quantitative estimate of drug-likeness (QED) is 0.829. The van der Waals surface area contributed by atoms with Crippen LogP contribution in [0.4, 0.5) is 4.79 Å². The lowest BCUT2D eigenvalue weighted by molar-refractivity contribution is -0.0329. The predicted molar refractivity (Wildman–Crippen MR) is 108 cm³/mol. The highest BCUT2D eigenvalue weighted by atomic mass is 35.5. The number of nitrogens with zero attached hydrogens (tertiary/aromatic N) is 2. The maximum Gasteiger partial charge on any atom is 0.409 e. The van der Waals surface area contributed by atoms with Gasteiger partial charge in [0.15, 0.2) is 0 Å². The number of aromatic nitrogens is 1. The normalized spacial score (nSPS) is 20.7. The number of ether oxygens (including phenoxy) is 1. The topological polar surface area (TPSA) is 62.7 Å². The first kappa shape index (κ1) is 19.2. The fraction of sp³-hybridized carbons (Fsp3) is 0.455. The summed E-state index contributed by atoms with van der Waals surface area (Å²) in [5, 5.41) is 12.5. The van der Waals surface area contributed by atoms with Crippen molar-refractivity contribution < 1.29 is 14.6 Å². The van der Waals surface area contributed by atoms with Crippen LogP contribution in [0.25, 0.3) is 0 Å². The van der Waals surface area contributed by atoms with Crippen LogP contribution in [0.1, 0.15) is 48.1 Å². The lowest BCUT2D eigenvalue weighted by atomic mass is 9.73. The molecule has 5 nitrogen and oxygen atoms in total. The second-order valence-corrected chi connectivity index (χ2v) is 8.05. The number of benzene rings is 1. The minimum absolute atomic E-state index is 0.234. The molecule has 2 heterocycles. The maximum atomic E-state index is 12.1. The molecule has 2 aliphatic rings. The third-order valence-corrected chi connectivity index (χ3v) is 6.21. The van der Waals surface area contributed by atoms with E-state index in [0.29, 0.717) is 37.6 Å². The number of hydrogen-bond donors (Lipinski definition) is 1. The molecule has 1 amide bonds. The predicted octanol–water partition coefficient (Wildman–Crippen LogP) is 3.95. The third-order valence-electron chi connectivity index (χ3n) is 5.97. The Morgan fingerprint density at radius 2 is 2.04 bits per heavy atom. The van der Waals surface area contributed by atoms with Gasteiger partial charge in [-0.25, -0.2) is 4.79 Å². The summed E-state index contributed by atoms with van der Waals surface area (Å²) in [6, 6.07) is 9.97. The van der Waals surface area contributed by atoms with Gasteiger partial charge in [-0.05, 0) is 67.5 Å². The number of piperidine rings is 1. The molecule has 0 saturated carbocycles. The Hall–Kier alpha value is -2.11. The molecule has 0 spiro atoms. The number of aliphatic hydroxyl groups is 1. The first-order chi connectivity index (χ1) is 13.5. The summed E-state index contributed by atoms with van der Waals surface area (Å²) < 4.78 is 5.12. The molecule has 1 aliphatic heterocycles. The van der Waals surface area contributed by atoms with Crippen molar-refractivity contribution in [3.63, 3.8) is 0 Å². The Kier molecular flexibility index (Phi) is 5.30. The SMILES string of the molecule is CCOC(=O)N1CCC(O)(C2c3ccc(Cl)cc3CCc3cccnc32)CC1. The molecule has 1 aliphatic carbocycles. The molecular formula is C22H25ClN2O3. The Bertz CT molecular complexity index is 878. The van der Waals surface area contributed by atoms with Crippen LogP contribution in [0.3, 0.4) is 0 Å². The van der Waals surface area contributed by atoms with Gasteiger partial charge in [-0.3, -0.25) is 4.98 Å². The molecule has 6 heteroatoms. The number of aryl methyl sites for hydroxylation is 2. The van der Waals surface area contributed by atoms with Crippen molar-refractivity contribution in [1.29, 1.82) is 0 Å². The van der Waals surface area contributed by atoms with Crippen LogP contribution < -0.4 is 0 Å². The van der Waals surface area contributed by atoms with Gasteiger partial charge in [0, 0.05) is 24.3 Å². The van der Waals surface area contributed by atoms with E-state index in [9.17, 15) is 9.90 Å². The van der Waals surface area contributed by atoms with Crippen LogP contribution in [-0.2, 0) is 17.6 Å². The second-order valence-electron chi connectivity index (χ2n) is 7.61. The molecule has 0 radical (unpaired) electrons. The van der Waals surface area contributed by atoms with Crippen molar-refractivity contribution in [2.45, 2.75) is 44.1 Å². The van der Waals surface area contributed by atoms with E-state index in [1.54, 1.807) is 18.0 Å². The van der Waals surface area contributed by atoms with E-state index in [0.717, 1.165) is 29.7 Å². The smallest absolute Gasteiger partial charge is 0.409 e. The van der Waals surface area contributed by atoms with Gasteiger partial charge in [-0.15, -0.1) is 0 Å². The molecule has 1 unspecified atom stereocenters. The largest absolute Gasteiger partial charge is 0.450 e. The molecule has 28 heavy (non-hydrogen) atoms. The van der Waals surface area contributed by atoms with Crippen molar-refractivity contribution in [3.05, 3.63) is 63.9 Å². The Morgan fingerprint density at radius 1 is 1.29 bits per heavy atom. The van der Waals surface area contributed by atoms with Crippen LogP contribution in [0, 0.1) is 0 Å². The van der Waals surface area contributed by atoms with Crippen molar-refractivity contribution in [2.24, 2.45) is 0 Å². The van der Waals surface area contributed by atoms with Gasteiger partial charge < -0.3 is 14.7 Å². The Morgan fingerprint density at radius 3 is 2.79 bits per heavy atom. The van der Waals surface area contributed by atoms with E-state index >= 15 is 0 Å². The molecule has 1 atom stereocenters. The van der Waals surface area contributed by atoms with Crippen LogP contribution in [0.15, 0.2) is 36.5 Å². The Labute approximate surface area is 170 Å². The number of pyridine rings is 1. The van der Waals surface area contributed by atoms with Crippen LogP contribution in [0.2, 0.25) is 5.02 Å². The monoisotopic (exact) mass is 400 g/mol. The zero-order valence-electron chi connectivity index (χ0n) is 16.0. The first-order valence-electron chi connectivity index (χ1n) is 9.88. The molecule has 1 aromatic carbocycles. The standard InChI is InChI=1S/C22H25ClN2O3/c1-2-28-21(26)25-12-9-22(27,10-13-25)19-18-8-7-17(23)14-16(18)6-5-15-4-3-11-24-20(15)19/h3-4,7-8,11,14,19,27H,2,5-6,9-10,12-13H2,1H3. The number of amides is 1. The molecule has 148 valence electrons. The summed E-state index contributed by atoms with van der Waals surface area (Å²) in [6.07, 6.45) is 4.19. The Balaban J connectivity index is 1.71. The van der Waals surface area contributed by atoms with E-state index in [4.69, 9.17) is 16.3 Å². The summed E-state index contributed by atoms with van der Waals surface area (Å²) in [7, 11) is 0. The van der Waals surface area contributed by atoms with Crippen molar-refractivity contribution in [3.8, 4) is 0 Å². The second kappa shape index (κ2) is 7.72. The highest BCUT2D eigenvalue weighted by molar-refractivity contribution is 6.30. The number of carbonyl (C=O) groups excluding carboxylic acids is 1. The van der Waals surface area contributed by atoms with Gasteiger partial charge in [0.1, 0.15) is 0 Å². The minimum atomic E-state index is -0.973. The van der Waals surface area contributed by atoms with Crippen LogP contribution in [-0.4, -0.2) is 46.4 Å². The third kappa shape index (κ3) is 3.49. The number of carbonyl (C=O) groups is 1. The van der Waals surface area contributed by atoms with E-state index < -0.39 is 5.60 Å². The molecular weight excluding hydrogens is 376 g/mol. The van der Waals surface area contributed by atoms with E-state index in [-0.39, 0.29) is 12.0 Å². The highest BCUT2D eigenvalue weighted by Crippen LogP contribution is 2.45. The van der Waals surface area contributed by atoms with Crippen molar-refractivity contribution in [1.82, 2.24) is 9.88 Å². The minimum Gasteiger partial charge on any atom is -0.450 e. The summed E-state index contributed by atoms with van der Waals surface area (Å²) in [5.74, 6) is -0.234. The molecule has 1 N–H and O–H groups in total. The lowest BCUT2D eigenvalue weighted by Gasteiger charge is -2.43. The molecule has 4 rings (SSSR count). The number of fused-ring (bicyclic) bond motifs is 2. The summed E-state index contributed by atoms with van der Waals surface area (Å²) in [5.41, 5.74) is 3.39. The number of rotatable bonds is 2. The van der Waals surface area contributed by atoms with E-state index in [1.807, 2.05) is 24.3 Å². The van der Waals surface area contributed by atoms with Gasteiger partial charge in [0.2, 0.25) is 0 Å². The molecule has 2 aromatic rings. The van der Waals surface area contributed by atoms with Gasteiger partial charge in [-0.1, -0.05) is 23.7 Å². The van der Waals surface area contributed by atoms with Gasteiger partial charge in [-0.2, -0.15) is 0 Å². The van der Waals surface area contributed by atoms with E-state index in [1.165, 1.54) is 5.56 Å². The molecule has 1 fully saturated rings.